The summed E-state index contributed by atoms with van der Waals surface area (Å²) in [4.78, 5) is 25.5. The molecule has 0 atom stereocenters. The van der Waals surface area contributed by atoms with E-state index in [1.165, 1.54) is 36.5 Å². The average molecular weight is 384 g/mol. The molecule has 0 aliphatic heterocycles. The highest BCUT2D eigenvalue weighted by Crippen LogP contribution is 2.23. The fourth-order valence-electron chi connectivity index (χ4n) is 2.52. The van der Waals surface area contributed by atoms with Gasteiger partial charge in [0.15, 0.2) is 0 Å². The number of ether oxygens (including phenoxy) is 1. The Morgan fingerprint density at radius 3 is 2.73 bits per heavy atom. The maximum atomic E-state index is 13.2. The van der Waals surface area contributed by atoms with Crippen LogP contribution >= 0.6 is 11.6 Å². The minimum Gasteiger partial charge on any atom is -0.481 e. The van der Waals surface area contributed by atoms with Crippen LogP contribution < -0.4 is 0 Å². The summed E-state index contributed by atoms with van der Waals surface area (Å²) in [6.45, 7) is 2.32. The molecular weight excluding hydrogens is 365 g/mol. The molecule has 0 bridgehead atoms. The summed E-state index contributed by atoms with van der Waals surface area (Å²) in [5, 5.41) is 9.21. The first kappa shape index (κ1) is 19.9. The van der Waals surface area contributed by atoms with Crippen molar-refractivity contribution in [2.45, 2.75) is 19.9 Å². The first-order valence-corrected chi connectivity index (χ1v) is 8.22. The fraction of sp³-hybridized carbons (Fsp3) is 0.333. The van der Waals surface area contributed by atoms with Gasteiger partial charge in [0.05, 0.1) is 18.4 Å². The Morgan fingerprint density at radius 1 is 1.38 bits per heavy atom. The molecular formula is C18H19ClFNO5. The van der Waals surface area contributed by atoms with Crippen molar-refractivity contribution in [2.24, 2.45) is 0 Å². The molecule has 0 saturated carbocycles. The van der Waals surface area contributed by atoms with Crippen molar-refractivity contribution in [3.63, 3.8) is 0 Å². The minimum absolute atomic E-state index is 0.0904. The van der Waals surface area contributed by atoms with E-state index in [0.29, 0.717) is 11.1 Å². The third-order valence-corrected chi connectivity index (χ3v) is 4.16. The van der Waals surface area contributed by atoms with Gasteiger partial charge in [-0.2, -0.15) is 0 Å². The van der Waals surface area contributed by atoms with Crippen molar-refractivity contribution in [3.05, 3.63) is 57.8 Å². The van der Waals surface area contributed by atoms with E-state index in [0.717, 1.165) is 0 Å². The molecule has 1 amide bonds. The normalized spacial score (nSPS) is 10.8. The smallest absolute Gasteiger partial charge is 0.311 e. The second-order valence-electron chi connectivity index (χ2n) is 5.74. The summed E-state index contributed by atoms with van der Waals surface area (Å²) in [7, 11) is 1.51. The predicted octanol–water partition coefficient (Wildman–Crippen LogP) is 3.30. The second kappa shape index (κ2) is 8.82. The maximum absolute atomic E-state index is 13.2. The predicted molar refractivity (Wildman–Crippen MR) is 92.8 cm³/mol. The van der Waals surface area contributed by atoms with Gasteiger partial charge in [-0.3, -0.25) is 9.59 Å². The van der Waals surface area contributed by atoms with Crippen molar-refractivity contribution in [1.29, 1.82) is 0 Å². The van der Waals surface area contributed by atoms with Crippen LogP contribution in [0.15, 0.2) is 28.9 Å². The van der Waals surface area contributed by atoms with Crippen LogP contribution in [0.3, 0.4) is 0 Å². The van der Waals surface area contributed by atoms with Crippen molar-refractivity contribution >= 4 is 23.5 Å². The lowest BCUT2D eigenvalue weighted by Crippen LogP contribution is -2.34. The molecule has 1 N–H and O–H groups in total. The van der Waals surface area contributed by atoms with E-state index in [2.05, 4.69) is 0 Å². The zero-order valence-electron chi connectivity index (χ0n) is 14.4. The van der Waals surface area contributed by atoms with Crippen LogP contribution in [0.1, 0.15) is 27.2 Å². The Balaban J connectivity index is 2.33. The number of benzene rings is 1. The maximum Gasteiger partial charge on any atom is 0.311 e. The number of amides is 1. The van der Waals surface area contributed by atoms with Gasteiger partial charge < -0.3 is 19.2 Å². The molecule has 2 aromatic rings. The number of aryl methyl sites for hydroxylation is 1. The minimum atomic E-state index is -1.10. The summed E-state index contributed by atoms with van der Waals surface area (Å²) < 4.78 is 23.5. The van der Waals surface area contributed by atoms with Gasteiger partial charge in [0, 0.05) is 30.8 Å². The number of carboxylic acid groups (broad SMARTS) is 1. The number of carboxylic acids is 1. The largest absolute Gasteiger partial charge is 0.481 e. The van der Waals surface area contributed by atoms with Crippen molar-refractivity contribution in [1.82, 2.24) is 4.90 Å². The number of aliphatic carboxylic acids is 1. The highest BCUT2D eigenvalue weighted by atomic mass is 35.5. The van der Waals surface area contributed by atoms with Crippen LogP contribution in [-0.4, -0.2) is 42.1 Å². The summed E-state index contributed by atoms with van der Waals surface area (Å²) in [6, 6.07) is 3.94. The van der Waals surface area contributed by atoms with Crippen LogP contribution in [0.25, 0.3) is 0 Å². The number of methoxy groups -OCH3 is 1. The number of rotatable bonds is 8. The summed E-state index contributed by atoms with van der Waals surface area (Å²) in [5.74, 6) is -1.88. The number of hydrogen-bond donors (Lipinski definition) is 1. The van der Waals surface area contributed by atoms with Gasteiger partial charge in [-0.25, -0.2) is 4.39 Å². The standard InChI is InChI=1S/C18H19ClFNO5/c1-11-10-26-15(8-16(22)23)17(11)18(24)21(5-6-25-2)9-12-3-4-13(20)7-14(12)19/h3-4,7,10H,5-6,8-9H2,1-2H3,(H,22,23). The van der Waals surface area contributed by atoms with Crippen LogP contribution in [0.5, 0.6) is 0 Å². The third-order valence-electron chi connectivity index (χ3n) is 3.81. The average Bonchev–Trinajstić information content (AvgIpc) is 2.92. The zero-order chi connectivity index (χ0) is 19.3. The van der Waals surface area contributed by atoms with Crippen LogP contribution in [0.2, 0.25) is 5.02 Å². The zero-order valence-corrected chi connectivity index (χ0v) is 15.2. The van der Waals surface area contributed by atoms with E-state index < -0.39 is 24.1 Å². The van der Waals surface area contributed by atoms with E-state index in [-0.39, 0.29) is 36.0 Å². The lowest BCUT2D eigenvalue weighted by Gasteiger charge is -2.23. The number of nitrogens with zero attached hydrogens (tertiary/aromatic N) is 1. The van der Waals surface area contributed by atoms with Gasteiger partial charge in [0.25, 0.3) is 5.91 Å². The molecule has 140 valence electrons. The number of carbonyl (C=O) groups is 2. The first-order valence-electron chi connectivity index (χ1n) is 7.84. The van der Waals surface area contributed by atoms with E-state index in [1.807, 2.05) is 0 Å². The first-order chi connectivity index (χ1) is 12.3. The summed E-state index contributed by atoms with van der Waals surface area (Å²) >= 11 is 6.06. The second-order valence-corrected chi connectivity index (χ2v) is 6.15. The topological polar surface area (TPSA) is 80.0 Å². The van der Waals surface area contributed by atoms with Crippen LogP contribution in [0.4, 0.5) is 4.39 Å². The molecule has 1 aromatic heterocycles. The van der Waals surface area contributed by atoms with Gasteiger partial charge in [0.2, 0.25) is 0 Å². The van der Waals surface area contributed by atoms with Gasteiger partial charge in [0.1, 0.15) is 18.0 Å². The Bertz CT molecular complexity index is 805. The van der Waals surface area contributed by atoms with Crippen molar-refractivity contribution in [2.75, 3.05) is 20.3 Å². The van der Waals surface area contributed by atoms with E-state index in [9.17, 15) is 14.0 Å². The Morgan fingerprint density at radius 2 is 2.12 bits per heavy atom. The number of furan rings is 1. The molecule has 0 aliphatic rings. The molecule has 6 nitrogen and oxygen atoms in total. The third kappa shape index (κ3) is 4.83. The van der Waals surface area contributed by atoms with Crippen LogP contribution in [0, 0.1) is 12.7 Å². The SMILES string of the molecule is COCCN(Cc1ccc(F)cc1Cl)C(=O)c1c(C)coc1CC(=O)O. The van der Waals surface area contributed by atoms with Crippen molar-refractivity contribution in [3.8, 4) is 0 Å². The molecule has 1 aromatic carbocycles. The fourth-order valence-corrected chi connectivity index (χ4v) is 2.75. The number of hydrogen-bond acceptors (Lipinski definition) is 4. The number of halogens is 2. The van der Waals surface area contributed by atoms with Crippen molar-refractivity contribution < 1.29 is 28.2 Å². The molecule has 0 fully saturated rings. The van der Waals surface area contributed by atoms with Gasteiger partial charge in [-0.05, 0) is 24.6 Å². The highest BCUT2D eigenvalue weighted by Gasteiger charge is 2.25. The summed E-state index contributed by atoms with van der Waals surface area (Å²) in [6.07, 6.45) is 0.954. The van der Waals surface area contributed by atoms with E-state index in [4.69, 9.17) is 25.9 Å². The highest BCUT2D eigenvalue weighted by molar-refractivity contribution is 6.31. The molecule has 1 heterocycles. The Hall–Kier alpha value is -2.38. The lowest BCUT2D eigenvalue weighted by atomic mass is 10.1. The summed E-state index contributed by atoms with van der Waals surface area (Å²) in [5.41, 5.74) is 1.32. The van der Waals surface area contributed by atoms with E-state index >= 15 is 0 Å². The van der Waals surface area contributed by atoms with Gasteiger partial charge in [-0.1, -0.05) is 17.7 Å². The Labute approximate surface area is 155 Å². The van der Waals surface area contributed by atoms with E-state index in [1.54, 1.807) is 6.92 Å². The molecule has 2 rings (SSSR count). The molecule has 0 unspecified atom stereocenters. The molecule has 0 aliphatic carbocycles. The molecule has 26 heavy (non-hydrogen) atoms. The van der Waals surface area contributed by atoms with Crippen LogP contribution in [-0.2, 0) is 22.5 Å². The lowest BCUT2D eigenvalue weighted by molar-refractivity contribution is -0.136. The molecule has 8 heteroatoms. The van der Waals surface area contributed by atoms with Gasteiger partial charge >= 0.3 is 5.97 Å². The number of carbonyl (C=O) groups excluding carboxylic acids is 1. The monoisotopic (exact) mass is 383 g/mol. The van der Waals surface area contributed by atoms with Gasteiger partial charge in [-0.15, -0.1) is 0 Å². The molecule has 0 spiro atoms. The molecule has 0 saturated heterocycles. The quantitative estimate of drug-likeness (QED) is 0.756. The Kier molecular flexibility index (Phi) is 6.76. The molecule has 0 radical (unpaired) electrons.